The van der Waals surface area contributed by atoms with Crippen molar-refractivity contribution in [1.29, 1.82) is 0 Å². The van der Waals surface area contributed by atoms with Crippen LogP contribution in [0.2, 0.25) is 0 Å². The largest absolute Gasteiger partial charge is 0.354 e. The Morgan fingerprint density at radius 2 is 2.00 bits per heavy atom. The number of fused-ring (bicyclic) bond motifs is 1. The van der Waals surface area contributed by atoms with Crippen molar-refractivity contribution in [3.63, 3.8) is 0 Å². The minimum Gasteiger partial charge on any atom is -0.354 e. The molecule has 23 heavy (non-hydrogen) atoms. The van der Waals surface area contributed by atoms with E-state index in [1.54, 1.807) is 11.3 Å². The Bertz CT molecular complexity index is 714. The van der Waals surface area contributed by atoms with E-state index in [4.69, 9.17) is 4.98 Å². The lowest BCUT2D eigenvalue weighted by Gasteiger charge is -2.31. The van der Waals surface area contributed by atoms with Crippen LogP contribution in [-0.4, -0.2) is 30.0 Å². The Hall–Kier alpha value is -1.62. The van der Waals surface area contributed by atoms with Crippen LogP contribution in [0.3, 0.4) is 0 Å². The van der Waals surface area contributed by atoms with E-state index in [-0.39, 0.29) is 17.9 Å². The molecule has 4 nitrogen and oxygen atoms in total. The standard InChI is InChI=1S/C18H25N3OS/c1-11(2)19-17(22)14-7-9-21(10-8-14)18-20-16-13(4)12(3)5-6-15(16)23-18/h5-6,11,14H,7-10H2,1-4H3,(H,19,22). The normalized spacial score (nSPS) is 16.3. The molecule has 1 aliphatic heterocycles. The van der Waals surface area contributed by atoms with Gasteiger partial charge in [0.25, 0.3) is 0 Å². The molecule has 1 amide bonds. The summed E-state index contributed by atoms with van der Waals surface area (Å²) in [6.07, 6.45) is 1.82. The summed E-state index contributed by atoms with van der Waals surface area (Å²) in [6, 6.07) is 4.56. The summed E-state index contributed by atoms with van der Waals surface area (Å²) in [7, 11) is 0. The molecule has 1 aromatic heterocycles. The van der Waals surface area contributed by atoms with E-state index in [2.05, 4.69) is 36.2 Å². The molecule has 3 rings (SSSR count). The molecule has 1 aromatic carbocycles. The molecule has 0 radical (unpaired) electrons. The van der Waals surface area contributed by atoms with Crippen molar-refractivity contribution in [3.05, 3.63) is 23.3 Å². The smallest absolute Gasteiger partial charge is 0.223 e. The average molecular weight is 331 g/mol. The van der Waals surface area contributed by atoms with E-state index in [0.29, 0.717) is 0 Å². The summed E-state index contributed by atoms with van der Waals surface area (Å²) in [5, 5.41) is 4.13. The number of rotatable bonds is 3. The lowest BCUT2D eigenvalue weighted by atomic mass is 9.96. The highest BCUT2D eigenvalue weighted by Gasteiger charge is 2.26. The monoisotopic (exact) mass is 331 g/mol. The summed E-state index contributed by atoms with van der Waals surface area (Å²) in [5.41, 5.74) is 3.69. The summed E-state index contributed by atoms with van der Waals surface area (Å²) >= 11 is 1.76. The van der Waals surface area contributed by atoms with Gasteiger partial charge in [0.2, 0.25) is 5.91 Å². The number of benzene rings is 1. The van der Waals surface area contributed by atoms with Crippen molar-refractivity contribution in [2.45, 2.75) is 46.6 Å². The molecule has 5 heteroatoms. The van der Waals surface area contributed by atoms with Gasteiger partial charge in [-0.05, 0) is 57.7 Å². The van der Waals surface area contributed by atoms with Crippen LogP contribution in [0.15, 0.2) is 12.1 Å². The first kappa shape index (κ1) is 16.2. The van der Waals surface area contributed by atoms with E-state index in [9.17, 15) is 4.79 Å². The third-order valence-electron chi connectivity index (χ3n) is 4.64. The van der Waals surface area contributed by atoms with Gasteiger partial charge < -0.3 is 10.2 Å². The van der Waals surface area contributed by atoms with Gasteiger partial charge in [-0.2, -0.15) is 0 Å². The molecular weight excluding hydrogens is 306 g/mol. The number of amides is 1. The number of hydrogen-bond acceptors (Lipinski definition) is 4. The zero-order valence-corrected chi connectivity index (χ0v) is 15.2. The van der Waals surface area contributed by atoms with Crippen LogP contribution < -0.4 is 10.2 Å². The Labute approximate surface area is 141 Å². The van der Waals surface area contributed by atoms with E-state index in [0.717, 1.165) is 36.6 Å². The molecule has 1 aliphatic rings. The van der Waals surface area contributed by atoms with Gasteiger partial charge in [0.15, 0.2) is 5.13 Å². The van der Waals surface area contributed by atoms with Crippen molar-refractivity contribution >= 4 is 32.6 Å². The number of hydrogen-bond donors (Lipinski definition) is 1. The van der Waals surface area contributed by atoms with E-state index >= 15 is 0 Å². The van der Waals surface area contributed by atoms with Gasteiger partial charge in [0.1, 0.15) is 0 Å². The molecule has 0 unspecified atom stereocenters. The van der Waals surface area contributed by atoms with Crippen LogP contribution in [-0.2, 0) is 4.79 Å². The lowest BCUT2D eigenvalue weighted by Crippen LogP contribution is -2.42. The molecule has 2 aromatic rings. The fourth-order valence-corrected chi connectivity index (χ4v) is 4.16. The quantitative estimate of drug-likeness (QED) is 0.933. The van der Waals surface area contributed by atoms with Crippen LogP contribution in [0.1, 0.15) is 37.8 Å². The van der Waals surface area contributed by atoms with Crippen molar-refractivity contribution < 1.29 is 4.79 Å². The summed E-state index contributed by atoms with van der Waals surface area (Å²) < 4.78 is 1.25. The number of nitrogens with zero attached hydrogens (tertiary/aromatic N) is 2. The lowest BCUT2D eigenvalue weighted by molar-refractivity contribution is -0.126. The second-order valence-corrected chi connectivity index (χ2v) is 7.78. The highest BCUT2D eigenvalue weighted by molar-refractivity contribution is 7.22. The second-order valence-electron chi connectivity index (χ2n) is 6.78. The van der Waals surface area contributed by atoms with Gasteiger partial charge in [-0.25, -0.2) is 4.98 Å². The molecule has 1 N–H and O–H groups in total. The number of aryl methyl sites for hydroxylation is 2. The van der Waals surface area contributed by atoms with Crippen LogP contribution in [0.25, 0.3) is 10.2 Å². The van der Waals surface area contributed by atoms with Gasteiger partial charge in [-0.3, -0.25) is 4.79 Å². The predicted molar refractivity (Wildman–Crippen MR) is 97.3 cm³/mol. The number of carbonyl (C=O) groups is 1. The van der Waals surface area contributed by atoms with Crippen molar-refractivity contribution in [2.24, 2.45) is 5.92 Å². The molecular formula is C18H25N3OS. The summed E-state index contributed by atoms with van der Waals surface area (Å²) in [6.45, 7) is 10.1. The Balaban J connectivity index is 1.70. The molecule has 1 saturated heterocycles. The third kappa shape index (κ3) is 3.34. The molecule has 0 bridgehead atoms. The zero-order valence-electron chi connectivity index (χ0n) is 14.3. The highest BCUT2D eigenvalue weighted by atomic mass is 32.1. The van der Waals surface area contributed by atoms with Gasteiger partial charge in [-0.15, -0.1) is 0 Å². The molecule has 0 atom stereocenters. The van der Waals surface area contributed by atoms with Crippen LogP contribution in [0.5, 0.6) is 0 Å². The minimum atomic E-state index is 0.145. The van der Waals surface area contributed by atoms with E-state index in [1.807, 2.05) is 13.8 Å². The maximum absolute atomic E-state index is 12.1. The van der Waals surface area contributed by atoms with Crippen LogP contribution in [0, 0.1) is 19.8 Å². The highest BCUT2D eigenvalue weighted by Crippen LogP contribution is 2.33. The SMILES string of the molecule is Cc1ccc2sc(N3CCC(C(=O)NC(C)C)CC3)nc2c1C. The summed E-state index contributed by atoms with van der Waals surface area (Å²) in [5.74, 6) is 0.349. The number of thiazole rings is 1. The van der Waals surface area contributed by atoms with E-state index < -0.39 is 0 Å². The number of nitrogens with one attached hydrogen (secondary N) is 1. The molecule has 1 fully saturated rings. The average Bonchev–Trinajstić information content (AvgIpc) is 2.95. The second kappa shape index (κ2) is 6.48. The van der Waals surface area contributed by atoms with Gasteiger partial charge in [0, 0.05) is 25.0 Å². The van der Waals surface area contributed by atoms with Crippen LogP contribution in [0.4, 0.5) is 5.13 Å². The zero-order chi connectivity index (χ0) is 16.6. The first-order chi connectivity index (χ1) is 11.0. The molecule has 124 valence electrons. The molecule has 0 aliphatic carbocycles. The topological polar surface area (TPSA) is 45.2 Å². The maximum Gasteiger partial charge on any atom is 0.223 e. The first-order valence-electron chi connectivity index (χ1n) is 8.37. The van der Waals surface area contributed by atoms with Crippen molar-refractivity contribution in [2.75, 3.05) is 18.0 Å². The third-order valence-corrected chi connectivity index (χ3v) is 5.72. The Kier molecular flexibility index (Phi) is 4.57. The Morgan fingerprint density at radius 3 is 2.65 bits per heavy atom. The predicted octanol–water partition coefficient (Wildman–Crippen LogP) is 3.65. The Morgan fingerprint density at radius 1 is 1.30 bits per heavy atom. The number of aromatic nitrogens is 1. The number of anilines is 1. The fourth-order valence-electron chi connectivity index (χ4n) is 3.08. The van der Waals surface area contributed by atoms with Gasteiger partial charge in [-0.1, -0.05) is 17.4 Å². The fraction of sp³-hybridized carbons (Fsp3) is 0.556. The van der Waals surface area contributed by atoms with Crippen molar-refractivity contribution in [3.8, 4) is 0 Å². The summed E-state index contributed by atoms with van der Waals surface area (Å²) in [4.78, 5) is 19.3. The molecule has 0 spiro atoms. The van der Waals surface area contributed by atoms with Gasteiger partial charge in [0.05, 0.1) is 10.2 Å². The molecule has 0 saturated carbocycles. The number of carbonyl (C=O) groups excluding carboxylic acids is 1. The van der Waals surface area contributed by atoms with Crippen LogP contribution >= 0.6 is 11.3 Å². The molecule has 2 heterocycles. The van der Waals surface area contributed by atoms with Gasteiger partial charge >= 0.3 is 0 Å². The first-order valence-corrected chi connectivity index (χ1v) is 9.19. The van der Waals surface area contributed by atoms with E-state index in [1.165, 1.54) is 15.8 Å². The van der Waals surface area contributed by atoms with Crippen molar-refractivity contribution in [1.82, 2.24) is 10.3 Å². The maximum atomic E-state index is 12.1. The number of piperidine rings is 1. The minimum absolute atomic E-state index is 0.145.